The highest BCUT2D eigenvalue weighted by Crippen LogP contribution is 2.07. The number of benzene rings is 1. The number of hydrogen-bond acceptors (Lipinski definition) is 4. The van der Waals surface area contributed by atoms with Crippen LogP contribution in [0.3, 0.4) is 0 Å². The van der Waals surface area contributed by atoms with Gasteiger partial charge in [-0.1, -0.05) is 30.3 Å². The van der Waals surface area contributed by atoms with Crippen LogP contribution in [0.2, 0.25) is 0 Å². The predicted molar refractivity (Wildman–Crippen MR) is 105 cm³/mol. The zero-order chi connectivity index (χ0) is 19.8. The fraction of sp³-hybridized carbons (Fsp3) is 0.350. The molecule has 27 heavy (non-hydrogen) atoms. The molecule has 1 aromatic heterocycles. The van der Waals surface area contributed by atoms with Gasteiger partial charge in [-0.15, -0.1) is 0 Å². The maximum atomic E-state index is 12.6. The van der Waals surface area contributed by atoms with E-state index in [0.29, 0.717) is 13.1 Å². The normalized spacial score (nSPS) is 10.7. The molecule has 7 heteroatoms. The molecule has 2 rings (SSSR count). The van der Waals surface area contributed by atoms with Gasteiger partial charge < -0.3 is 20.1 Å². The molecule has 1 aromatic carbocycles. The van der Waals surface area contributed by atoms with E-state index in [-0.39, 0.29) is 17.0 Å². The van der Waals surface area contributed by atoms with Crippen LogP contribution in [0.1, 0.15) is 32.7 Å². The average molecular weight is 370 g/mol. The van der Waals surface area contributed by atoms with Crippen molar-refractivity contribution in [2.45, 2.75) is 13.0 Å². The van der Waals surface area contributed by atoms with Gasteiger partial charge in [-0.05, 0) is 38.7 Å². The summed E-state index contributed by atoms with van der Waals surface area (Å²) in [5, 5.41) is 2.80. The topological polar surface area (TPSA) is 85.5 Å². The highest BCUT2D eigenvalue weighted by molar-refractivity contribution is 5.99. The number of H-pyrrole nitrogens is 1. The summed E-state index contributed by atoms with van der Waals surface area (Å²) in [7, 11) is 5.56. The number of aromatic nitrogens is 1. The smallest absolute Gasteiger partial charge is 0.260 e. The molecule has 0 radical (unpaired) electrons. The first-order valence-electron chi connectivity index (χ1n) is 8.83. The zero-order valence-corrected chi connectivity index (χ0v) is 16.0. The van der Waals surface area contributed by atoms with Crippen molar-refractivity contribution >= 4 is 11.8 Å². The quantitative estimate of drug-likeness (QED) is 0.687. The number of rotatable bonds is 8. The Hall–Kier alpha value is -2.93. The van der Waals surface area contributed by atoms with E-state index in [2.05, 4.69) is 10.3 Å². The van der Waals surface area contributed by atoms with Gasteiger partial charge in [0.05, 0.1) is 5.56 Å². The van der Waals surface area contributed by atoms with Crippen LogP contribution in [-0.2, 0) is 6.54 Å². The number of amides is 2. The predicted octanol–water partition coefficient (Wildman–Crippen LogP) is 1.33. The fourth-order valence-corrected chi connectivity index (χ4v) is 2.61. The minimum atomic E-state index is -0.510. The van der Waals surface area contributed by atoms with Crippen LogP contribution < -0.4 is 10.9 Å². The molecule has 0 fully saturated rings. The van der Waals surface area contributed by atoms with Gasteiger partial charge in [0.2, 0.25) is 0 Å². The van der Waals surface area contributed by atoms with Crippen LogP contribution in [0.4, 0.5) is 0 Å². The number of hydrogen-bond donors (Lipinski definition) is 2. The standard InChI is InChI=1S/C20H26N4O3/c1-23(2)11-7-10-21-18(25)16-12-17(19(26)22-13-16)20(27)24(3)14-15-8-5-4-6-9-15/h4-6,8-9,12-13H,7,10-11,14H2,1-3H3,(H,21,25)(H,22,26). The number of carbonyl (C=O) groups excluding carboxylic acids is 2. The molecule has 2 amide bonds. The lowest BCUT2D eigenvalue weighted by atomic mass is 10.1. The Kier molecular flexibility index (Phi) is 7.31. The second-order valence-corrected chi connectivity index (χ2v) is 6.69. The lowest BCUT2D eigenvalue weighted by Crippen LogP contribution is -2.33. The lowest BCUT2D eigenvalue weighted by Gasteiger charge is -2.17. The lowest BCUT2D eigenvalue weighted by molar-refractivity contribution is 0.0783. The molecule has 0 atom stereocenters. The van der Waals surface area contributed by atoms with Crippen molar-refractivity contribution in [1.29, 1.82) is 0 Å². The summed E-state index contributed by atoms with van der Waals surface area (Å²) in [5.74, 6) is -0.743. The molecular formula is C20H26N4O3. The van der Waals surface area contributed by atoms with Crippen molar-refractivity contribution in [1.82, 2.24) is 20.1 Å². The Morgan fingerprint density at radius 3 is 2.48 bits per heavy atom. The molecule has 1 heterocycles. The number of nitrogens with zero attached hydrogens (tertiary/aromatic N) is 2. The SMILES string of the molecule is CN(C)CCCNC(=O)c1c[nH]c(=O)c(C(=O)N(C)Cc2ccccc2)c1. The fourth-order valence-electron chi connectivity index (χ4n) is 2.61. The number of carbonyl (C=O) groups is 2. The largest absolute Gasteiger partial charge is 0.352 e. The first-order chi connectivity index (χ1) is 12.9. The van der Waals surface area contributed by atoms with Gasteiger partial charge in [-0.2, -0.15) is 0 Å². The number of pyridine rings is 1. The van der Waals surface area contributed by atoms with Gasteiger partial charge in [-0.25, -0.2) is 0 Å². The summed E-state index contributed by atoms with van der Waals surface area (Å²) in [6.07, 6.45) is 2.14. The summed E-state index contributed by atoms with van der Waals surface area (Å²) >= 11 is 0. The minimum absolute atomic E-state index is 0.0469. The number of aromatic amines is 1. The van der Waals surface area contributed by atoms with Crippen LogP contribution in [0.25, 0.3) is 0 Å². The molecule has 0 aliphatic carbocycles. The Bertz CT molecular complexity index is 831. The molecule has 0 saturated carbocycles. The summed E-state index contributed by atoms with van der Waals surface area (Å²) in [6, 6.07) is 10.8. The molecule has 0 unspecified atom stereocenters. The minimum Gasteiger partial charge on any atom is -0.352 e. The summed E-state index contributed by atoms with van der Waals surface area (Å²) in [5.41, 5.74) is 0.661. The Labute approximate surface area is 159 Å². The van der Waals surface area contributed by atoms with E-state index in [1.165, 1.54) is 17.2 Å². The van der Waals surface area contributed by atoms with E-state index < -0.39 is 11.5 Å². The summed E-state index contributed by atoms with van der Waals surface area (Å²) in [4.78, 5) is 43.0. The van der Waals surface area contributed by atoms with Gasteiger partial charge in [0.1, 0.15) is 5.56 Å². The molecule has 144 valence electrons. The molecule has 7 nitrogen and oxygen atoms in total. The van der Waals surface area contributed by atoms with E-state index in [1.54, 1.807) is 7.05 Å². The van der Waals surface area contributed by atoms with Crippen molar-refractivity contribution in [2.24, 2.45) is 0 Å². The van der Waals surface area contributed by atoms with Crippen LogP contribution in [0.5, 0.6) is 0 Å². The maximum absolute atomic E-state index is 12.6. The molecule has 0 spiro atoms. The molecule has 0 saturated heterocycles. The van der Waals surface area contributed by atoms with E-state index >= 15 is 0 Å². The van der Waals surface area contributed by atoms with E-state index in [9.17, 15) is 14.4 Å². The van der Waals surface area contributed by atoms with E-state index in [0.717, 1.165) is 18.5 Å². The van der Waals surface area contributed by atoms with Crippen molar-refractivity contribution in [3.8, 4) is 0 Å². The third-order valence-electron chi connectivity index (χ3n) is 4.07. The van der Waals surface area contributed by atoms with Gasteiger partial charge in [0.15, 0.2) is 0 Å². The zero-order valence-electron chi connectivity index (χ0n) is 16.0. The van der Waals surface area contributed by atoms with E-state index in [4.69, 9.17) is 0 Å². The van der Waals surface area contributed by atoms with Crippen LogP contribution >= 0.6 is 0 Å². The first kappa shape index (κ1) is 20.4. The van der Waals surface area contributed by atoms with Crippen molar-refractivity contribution in [3.63, 3.8) is 0 Å². The third-order valence-corrected chi connectivity index (χ3v) is 4.07. The molecule has 2 N–H and O–H groups in total. The molecular weight excluding hydrogens is 344 g/mol. The number of nitrogens with one attached hydrogen (secondary N) is 2. The maximum Gasteiger partial charge on any atom is 0.260 e. The van der Waals surface area contributed by atoms with Gasteiger partial charge in [0, 0.05) is 26.3 Å². The monoisotopic (exact) mass is 370 g/mol. The molecule has 0 aliphatic rings. The first-order valence-corrected chi connectivity index (χ1v) is 8.83. The Balaban J connectivity index is 2.06. The molecule has 2 aromatic rings. The van der Waals surface area contributed by atoms with Crippen LogP contribution in [0, 0.1) is 0 Å². The van der Waals surface area contributed by atoms with Crippen molar-refractivity contribution in [2.75, 3.05) is 34.2 Å². The van der Waals surface area contributed by atoms with Crippen molar-refractivity contribution in [3.05, 3.63) is 69.6 Å². The van der Waals surface area contributed by atoms with E-state index in [1.807, 2.05) is 49.3 Å². The summed E-state index contributed by atoms with van der Waals surface area (Å²) < 4.78 is 0. The van der Waals surface area contributed by atoms with Gasteiger partial charge in [-0.3, -0.25) is 14.4 Å². The Morgan fingerprint density at radius 2 is 1.81 bits per heavy atom. The molecule has 0 bridgehead atoms. The second kappa shape index (κ2) is 9.68. The Morgan fingerprint density at radius 1 is 1.11 bits per heavy atom. The highest BCUT2D eigenvalue weighted by atomic mass is 16.2. The molecule has 0 aliphatic heterocycles. The third kappa shape index (κ3) is 6.07. The van der Waals surface area contributed by atoms with Gasteiger partial charge >= 0.3 is 0 Å². The van der Waals surface area contributed by atoms with Crippen molar-refractivity contribution < 1.29 is 9.59 Å². The van der Waals surface area contributed by atoms with Gasteiger partial charge in [0.25, 0.3) is 17.4 Å². The van der Waals surface area contributed by atoms with Crippen LogP contribution in [0.15, 0.2) is 47.4 Å². The highest BCUT2D eigenvalue weighted by Gasteiger charge is 2.18. The average Bonchev–Trinajstić information content (AvgIpc) is 2.65. The van der Waals surface area contributed by atoms with Crippen LogP contribution in [-0.4, -0.2) is 60.8 Å². The second-order valence-electron chi connectivity index (χ2n) is 6.69. The summed E-state index contributed by atoms with van der Waals surface area (Å²) in [6.45, 7) is 1.76.